The van der Waals surface area contributed by atoms with E-state index in [9.17, 15) is 12.8 Å². The molecule has 0 radical (unpaired) electrons. The minimum absolute atomic E-state index is 0.0395. The number of benzene rings is 2. The summed E-state index contributed by atoms with van der Waals surface area (Å²) in [7, 11) is -0.162. The molecule has 3 atom stereocenters. The number of ether oxygens (including phenoxy) is 3. The third kappa shape index (κ3) is 5.71. The third-order valence-electron chi connectivity index (χ3n) is 7.15. The van der Waals surface area contributed by atoms with Crippen LogP contribution in [0.3, 0.4) is 0 Å². The molecular weight excluding hydrogens is 575 g/mol. The molecule has 14 heteroatoms. The van der Waals surface area contributed by atoms with Gasteiger partial charge in [0.1, 0.15) is 46.6 Å². The number of alkyl halides is 1. The number of anilines is 1. The van der Waals surface area contributed by atoms with Gasteiger partial charge >= 0.3 is 0 Å². The Morgan fingerprint density at radius 3 is 2.48 bits per heavy atom. The minimum atomic E-state index is -4.74. The van der Waals surface area contributed by atoms with Gasteiger partial charge in [0, 0.05) is 67.3 Å². The summed E-state index contributed by atoms with van der Waals surface area (Å²) in [4.78, 5) is 6.91. The molecule has 1 aliphatic rings. The normalized spacial score (nSPS) is 18.6. The molecule has 1 saturated carbocycles. The van der Waals surface area contributed by atoms with Crippen molar-refractivity contribution in [2.75, 3.05) is 18.5 Å². The number of aromatic nitrogens is 4. The zero-order chi connectivity index (χ0) is 30.0. The second kappa shape index (κ2) is 11.9. The fraction of sp³-hybridized carbons (Fsp3) is 0.321. The van der Waals surface area contributed by atoms with E-state index in [0.717, 1.165) is 10.6 Å². The van der Waals surface area contributed by atoms with Crippen molar-refractivity contribution in [3.8, 4) is 17.2 Å². The molecule has 2 aromatic heterocycles. The van der Waals surface area contributed by atoms with E-state index < -0.39 is 50.5 Å². The summed E-state index contributed by atoms with van der Waals surface area (Å²) < 4.78 is 91.8. The number of hydrogen-bond acceptors (Lipinski definition) is 8. The van der Waals surface area contributed by atoms with E-state index in [4.69, 9.17) is 14.2 Å². The van der Waals surface area contributed by atoms with Crippen molar-refractivity contribution in [2.24, 2.45) is 7.05 Å². The first-order valence-electron chi connectivity index (χ1n) is 12.9. The lowest BCUT2D eigenvalue weighted by Gasteiger charge is -2.25. The Labute approximate surface area is 240 Å². The van der Waals surface area contributed by atoms with Crippen molar-refractivity contribution < 1.29 is 35.8 Å². The molecule has 222 valence electrons. The fourth-order valence-corrected chi connectivity index (χ4v) is 6.53. The molecular formula is C28H28F3N5O5S. The van der Waals surface area contributed by atoms with Crippen LogP contribution >= 0.6 is 0 Å². The summed E-state index contributed by atoms with van der Waals surface area (Å²) in [5.74, 6) is -2.65. The van der Waals surface area contributed by atoms with Gasteiger partial charge in [-0.15, -0.1) is 0 Å². The van der Waals surface area contributed by atoms with Crippen LogP contribution in [0.4, 0.5) is 19.0 Å². The van der Waals surface area contributed by atoms with Gasteiger partial charge in [0.15, 0.2) is 11.6 Å². The number of hydrogen-bond donors (Lipinski definition) is 0. The first kappa shape index (κ1) is 29.2. The maximum absolute atomic E-state index is 15.6. The van der Waals surface area contributed by atoms with Crippen LogP contribution in [-0.2, 0) is 23.6 Å². The van der Waals surface area contributed by atoms with Gasteiger partial charge in [0.05, 0.1) is 20.8 Å². The summed E-state index contributed by atoms with van der Waals surface area (Å²) >= 11 is 0. The van der Waals surface area contributed by atoms with Crippen LogP contribution < -0.4 is 18.5 Å². The first-order valence-corrected chi connectivity index (χ1v) is 14.3. The summed E-state index contributed by atoms with van der Waals surface area (Å²) in [6.45, 7) is -0.335. The van der Waals surface area contributed by atoms with Gasteiger partial charge in [0.25, 0.3) is 10.0 Å². The molecule has 5 rings (SSSR count). The first-order chi connectivity index (χ1) is 20.1. The highest BCUT2D eigenvalue weighted by atomic mass is 32.2. The largest absolute Gasteiger partial charge is 0.497 e. The molecule has 0 amide bonds. The van der Waals surface area contributed by atoms with Gasteiger partial charge < -0.3 is 14.2 Å². The molecule has 42 heavy (non-hydrogen) atoms. The Hall–Kier alpha value is -4.33. The lowest BCUT2D eigenvalue weighted by atomic mass is 10.0. The van der Waals surface area contributed by atoms with Crippen molar-refractivity contribution >= 4 is 15.8 Å². The molecule has 2 heterocycles. The molecule has 1 fully saturated rings. The highest BCUT2D eigenvalue weighted by Gasteiger charge is 2.39. The molecule has 2 aromatic carbocycles. The topological polar surface area (TPSA) is 109 Å². The van der Waals surface area contributed by atoms with Gasteiger partial charge in [-0.1, -0.05) is 0 Å². The number of aryl methyl sites for hydroxylation is 1. The maximum atomic E-state index is 15.6. The van der Waals surface area contributed by atoms with E-state index >= 15 is 8.78 Å². The average Bonchev–Trinajstić information content (AvgIpc) is 3.57. The molecule has 10 nitrogen and oxygen atoms in total. The zero-order valence-electron chi connectivity index (χ0n) is 22.9. The molecule has 0 bridgehead atoms. The second-order valence-corrected chi connectivity index (χ2v) is 11.5. The number of halogens is 3. The number of sulfonamides is 1. The molecule has 1 aliphatic carbocycles. The quantitative estimate of drug-likeness (QED) is 0.260. The van der Waals surface area contributed by atoms with Crippen molar-refractivity contribution in [2.45, 2.75) is 42.5 Å². The van der Waals surface area contributed by atoms with E-state index in [0.29, 0.717) is 34.9 Å². The van der Waals surface area contributed by atoms with Gasteiger partial charge in [-0.25, -0.2) is 35.9 Å². The predicted octanol–water partition coefficient (Wildman–Crippen LogP) is 4.56. The monoisotopic (exact) mass is 603 g/mol. The average molecular weight is 604 g/mol. The molecule has 0 aliphatic heterocycles. The standard InChI is InChI=1S/C28H28F3N5O5S/c1-35-23(6-9-34-35)20-10-18(29)11-25(20)41-26-13-22(31)27(14-21(26)30)42(37,38)36(28-7-8-32-16-33-28)15-17-4-5-19(39-2)12-24(17)40-3/h4-9,12-14,16,18,20,25H,10-11,15H2,1-3H3/t18-,20-,25+/m1/s1. The Bertz CT molecular complexity index is 1670. The second-order valence-electron chi connectivity index (χ2n) is 9.68. The van der Waals surface area contributed by atoms with Crippen molar-refractivity contribution in [1.29, 1.82) is 0 Å². The van der Waals surface area contributed by atoms with E-state index in [-0.39, 0.29) is 25.2 Å². The highest BCUT2D eigenvalue weighted by molar-refractivity contribution is 7.92. The van der Waals surface area contributed by atoms with Crippen molar-refractivity contribution in [3.05, 3.63) is 84.1 Å². The third-order valence-corrected chi connectivity index (χ3v) is 8.91. The van der Waals surface area contributed by atoms with Crippen molar-refractivity contribution in [3.63, 3.8) is 0 Å². The van der Waals surface area contributed by atoms with Crippen LogP contribution in [0, 0.1) is 11.6 Å². The van der Waals surface area contributed by atoms with Crippen LogP contribution in [-0.4, -0.2) is 54.7 Å². The van der Waals surface area contributed by atoms with Crippen LogP contribution in [0.1, 0.15) is 30.0 Å². The van der Waals surface area contributed by atoms with Crippen LogP contribution in [0.2, 0.25) is 0 Å². The Morgan fingerprint density at radius 1 is 1.00 bits per heavy atom. The molecule has 0 N–H and O–H groups in total. The maximum Gasteiger partial charge on any atom is 0.268 e. The van der Waals surface area contributed by atoms with Gasteiger partial charge in [-0.2, -0.15) is 5.10 Å². The zero-order valence-corrected chi connectivity index (χ0v) is 23.8. The number of methoxy groups -OCH3 is 2. The van der Waals surface area contributed by atoms with Crippen LogP contribution in [0.25, 0.3) is 0 Å². The van der Waals surface area contributed by atoms with E-state index in [1.54, 1.807) is 42.2 Å². The molecule has 4 aromatic rings. The molecule has 0 saturated heterocycles. The minimum Gasteiger partial charge on any atom is -0.497 e. The Balaban J connectivity index is 1.49. The summed E-state index contributed by atoms with van der Waals surface area (Å²) in [6, 6.07) is 9.03. The number of nitrogens with zero attached hydrogens (tertiary/aromatic N) is 5. The van der Waals surface area contributed by atoms with Gasteiger partial charge in [0.2, 0.25) is 0 Å². The van der Waals surface area contributed by atoms with Gasteiger partial charge in [-0.3, -0.25) is 4.68 Å². The van der Waals surface area contributed by atoms with Crippen molar-refractivity contribution in [1.82, 2.24) is 19.7 Å². The molecule has 0 unspecified atom stereocenters. The summed E-state index contributed by atoms with van der Waals surface area (Å²) in [5.41, 5.74) is 1.10. The lowest BCUT2D eigenvalue weighted by Crippen LogP contribution is -2.32. The van der Waals surface area contributed by atoms with Crippen LogP contribution in [0.15, 0.2) is 66.1 Å². The Kier molecular flexibility index (Phi) is 8.25. The summed E-state index contributed by atoms with van der Waals surface area (Å²) in [6.07, 6.45) is 2.08. The Morgan fingerprint density at radius 2 is 1.81 bits per heavy atom. The lowest BCUT2D eigenvalue weighted by molar-refractivity contribution is 0.171. The van der Waals surface area contributed by atoms with Gasteiger partial charge in [-0.05, 0) is 24.6 Å². The molecule has 0 spiro atoms. The van der Waals surface area contributed by atoms with E-state index in [1.165, 1.54) is 26.5 Å². The number of rotatable bonds is 10. The predicted molar refractivity (Wildman–Crippen MR) is 146 cm³/mol. The highest BCUT2D eigenvalue weighted by Crippen LogP contribution is 2.40. The van der Waals surface area contributed by atoms with Crippen LogP contribution in [0.5, 0.6) is 17.2 Å². The summed E-state index contributed by atoms with van der Waals surface area (Å²) in [5, 5.41) is 4.10. The van der Waals surface area contributed by atoms with E-state index in [1.807, 2.05) is 0 Å². The SMILES string of the molecule is COc1ccc(CN(c2ccncn2)S(=O)(=O)c2cc(F)c(O[C@H]3C[C@H](F)C[C@@H]3c3ccnn3C)cc2F)c(OC)c1. The smallest absolute Gasteiger partial charge is 0.268 e. The van der Waals surface area contributed by atoms with E-state index in [2.05, 4.69) is 15.1 Å². The fourth-order valence-electron chi connectivity index (χ4n) is 5.07.